The maximum atomic E-state index is 13.1. The highest BCUT2D eigenvalue weighted by Crippen LogP contribution is 2.29. The van der Waals surface area contributed by atoms with Crippen molar-refractivity contribution in [2.24, 2.45) is 0 Å². The Labute approximate surface area is 176 Å². The first kappa shape index (κ1) is 21.5. The Bertz CT molecular complexity index is 820. The molecule has 2 aromatic rings. The number of nitrogens with zero attached hydrogens (tertiary/aromatic N) is 2. The van der Waals surface area contributed by atoms with Crippen LogP contribution in [0.3, 0.4) is 0 Å². The smallest absolute Gasteiger partial charge is 0.256 e. The van der Waals surface area contributed by atoms with Crippen LogP contribution < -0.4 is 0 Å². The maximum absolute atomic E-state index is 13.1. The van der Waals surface area contributed by atoms with Crippen LogP contribution in [0.5, 0.6) is 0 Å². The molecule has 2 heterocycles. The van der Waals surface area contributed by atoms with Gasteiger partial charge in [0, 0.05) is 39.0 Å². The monoisotopic (exact) mass is 416 g/mol. The van der Waals surface area contributed by atoms with Gasteiger partial charge >= 0.3 is 0 Å². The lowest BCUT2D eigenvalue weighted by atomic mass is 9.90. The second-order valence-corrected chi connectivity index (χ2v) is 8.40. The Morgan fingerprint density at radius 2 is 2.00 bits per heavy atom. The molecule has 0 spiro atoms. The molecule has 1 aromatic carbocycles. The summed E-state index contributed by atoms with van der Waals surface area (Å²) in [6.45, 7) is 1.45. The van der Waals surface area contributed by atoms with E-state index in [1.54, 1.807) is 42.3 Å². The molecule has 1 aliphatic heterocycles. The second-order valence-electron chi connectivity index (χ2n) is 7.45. The third-order valence-corrected chi connectivity index (χ3v) is 6.02. The molecule has 0 radical (unpaired) electrons. The maximum Gasteiger partial charge on any atom is 0.256 e. The van der Waals surface area contributed by atoms with Crippen molar-refractivity contribution >= 4 is 23.2 Å². The number of methoxy groups -OCH3 is 1. The first-order valence-electron chi connectivity index (χ1n) is 9.70. The van der Waals surface area contributed by atoms with Crippen LogP contribution in [0.1, 0.15) is 12.0 Å². The lowest BCUT2D eigenvalue weighted by Crippen LogP contribution is -2.61. The van der Waals surface area contributed by atoms with Crippen molar-refractivity contribution in [1.29, 1.82) is 0 Å². The molecule has 0 saturated carbocycles. The molecule has 0 aliphatic carbocycles. The summed E-state index contributed by atoms with van der Waals surface area (Å²) in [4.78, 5) is 30.1. The van der Waals surface area contributed by atoms with Crippen LogP contribution in [0, 0.1) is 0 Å². The van der Waals surface area contributed by atoms with Crippen molar-refractivity contribution in [3.05, 3.63) is 47.3 Å². The summed E-state index contributed by atoms with van der Waals surface area (Å²) in [5.41, 5.74) is 1.08. The van der Waals surface area contributed by atoms with Crippen molar-refractivity contribution < 1.29 is 19.1 Å². The third kappa shape index (κ3) is 5.04. The topological polar surface area (TPSA) is 59.1 Å². The number of benzene rings is 1. The van der Waals surface area contributed by atoms with Gasteiger partial charge < -0.3 is 19.3 Å². The molecule has 7 heteroatoms. The Morgan fingerprint density at radius 1 is 1.24 bits per heavy atom. The van der Waals surface area contributed by atoms with Crippen molar-refractivity contribution in [1.82, 2.24) is 9.80 Å². The van der Waals surface area contributed by atoms with E-state index < -0.39 is 5.60 Å². The fraction of sp³-hybridized carbons (Fsp3) is 0.455. The third-order valence-electron chi connectivity index (χ3n) is 5.10. The zero-order valence-corrected chi connectivity index (χ0v) is 18.0. The standard InChI is InChI=1S/C22H28N2O4S/c1-23(2)21(26)22(16-24(11-13-28-22)20(25)10-12-27-3)15-17-6-8-18(9-7-17)19-5-4-14-29-19/h4-9,14H,10-13,15-16H2,1-3H3/t22-/m0/s1. The fourth-order valence-corrected chi connectivity index (χ4v) is 4.36. The van der Waals surface area contributed by atoms with Gasteiger partial charge in [0.2, 0.25) is 5.91 Å². The Balaban J connectivity index is 1.81. The molecule has 156 valence electrons. The normalized spacial score (nSPS) is 19.2. The Hall–Kier alpha value is -2.22. The lowest BCUT2D eigenvalue weighted by Gasteiger charge is -2.43. The SMILES string of the molecule is COCCC(=O)N1CCO[C@](Cc2ccc(-c3cccs3)cc2)(C(=O)N(C)C)C1. The van der Waals surface area contributed by atoms with Crippen LogP contribution in [-0.4, -0.2) is 74.7 Å². The number of morpholine rings is 1. The van der Waals surface area contributed by atoms with Crippen LogP contribution in [0.4, 0.5) is 0 Å². The molecule has 6 nitrogen and oxygen atoms in total. The zero-order chi connectivity index (χ0) is 20.9. The van der Waals surface area contributed by atoms with Gasteiger partial charge in [0.25, 0.3) is 5.91 Å². The molecular weight excluding hydrogens is 388 g/mol. The van der Waals surface area contributed by atoms with Crippen molar-refractivity contribution in [3.8, 4) is 10.4 Å². The van der Waals surface area contributed by atoms with Crippen molar-refractivity contribution in [3.63, 3.8) is 0 Å². The number of ether oxygens (including phenoxy) is 2. The second kappa shape index (κ2) is 9.52. The minimum Gasteiger partial charge on any atom is -0.384 e. The Kier molecular flexibility index (Phi) is 7.05. The summed E-state index contributed by atoms with van der Waals surface area (Å²) in [7, 11) is 5.02. The quantitative estimate of drug-likeness (QED) is 0.696. The summed E-state index contributed by atoms with van der Waals surface area (Å²) in [5, 5.41) is 2.05. The average Bonchev–Trinajstić information content (AvgIpc) is 3.27. The van der Waals surface area contributed by atoms with E-state index in [1.165, 1.54) is 4.88 Å². The van der Waals surface area contributed by atoms with E-state index in [0.717, 1.165) is 11.1 Å². The summed E-state index contributed by atoms with van der Waals surface area (Å²) >= 11 is 1.70. The van der Waals surface area contributed by atoms with Gasteiger partial charge in [-0.1, -0.05) is 30.3 Å². The van der Waals surface area contributed by atoms with Crippen LogP contribution in [0.2, 0.25) is 0 Å². The van der Waals surface area contributed by atoms with Crippen molar-refractivity contribution in [2.75, 3.05) is 47.5 Å². The molecule has 2 amide bonds. The van der Waals surface area contributed by atoms with Gasteiger partial charge in [0.15, 0.2) is 5.60 Å². The van der Waals surface area contributed by atoms with Crippen LogP contribution in [0.15, 0.2) is 41.8 Å². The van der Waals surface area contributed by atoms with E-state index in [4.69, 9.17) is 9.47 Å². The predicted octanol–water partition coefficient (Wildman–Crippen LogP) is 2.68. The highest BCUT2D eigenvalue weighted by Gasteiger charge is 2.45. The molecule has 0 unspecified atom stereocenters. The lowest BCUT2D eigenvalue weighted by molar-refractivity contribution is -0.172. The number of hydrogen-bond acceptors (Lipinski definition) is 5. The number of amides is 2. The number of hydrogen-bond donors (Lipinski definition) is 0. The largest absolute Gasteiger partial charge is 0.384 e. The van der Waals surface area contributed by atoms with Gasteiger partial charge in [-0.15, -0.1) is 11.3 Å². The number of carbonyl (C=O) groups excluding carboxylic acids is 2. The number of likely N-dealkylation sites (N-methyl/N-ethyl adjacent to an activating group) is 1. The van der Waals surface area contributed by atoms with Gasteiger partial charge in [0.1, 0.15) is 0 Å². The molecule has 1 fully saturated rings. The summed E-state index contributed by atoms with van der Waals surface area (Å²) < 4.78 is 11.1. The molecule has 1 aliphatic rings. The van der Waals surface area contributed by atoms with Gasteiger partial charge in [0.05, 0.1) is 26.2 Å². The average molecular weight is 417 g/mol. The minimum absolute atomic E-state index is 0.0147. The van der Waals surface area contributed by atoms with E-state index in [-0.39, 0.29) is 18.4 Å². The molecule has 1 saturated heterocycles. The van der Waals surface area contributed by atoms with E-state index in [0.29, 0.717) is 32.6 Å². The van der Waals surface area contributed by atoms with Gasteiger partial charge in [-0.2, -0.15) is 0 Å². The summed E-state index contributed by atoms with van der Waals surface area (Å²) in [5.74, 6) is -0.136. The molecule has 3 rings (SSSR count). The van der Waals surface area contributed by atoms with Gasteiger partial charge in [-0.05, 0) is 22.6 Å². The summed E-state index contributed by atoms with van der Waals surface area (Å²) in [6.07, 6.45) is 0.723. The zero-order valence-electron chi connectivity index (χ0n) is 17.2. The first-order valence-corrected chi connectivity index (χ1v) is 10.6. The molecule has 0 N–H and O–H groups in total. The molecule has 29 heavy (non-hydrogen) atoms. The summed E-state index contributed by atoms with van der Waals surface area (Å²) in [6, 6.07) is 12.3. The minimum atomic E-state index is -1.07. The number of thiophene rings is 1. The van der Waals surface area contributed by atoms with Crippen molar-refractivity contribution in [2.45, 2.75) is 18.4 Å². The van der Waals surface area contributed by atoms with Gasteiger partial charge in [-0.3, -0.25) is 9.59 Å². The molecule has 1 atom stereocenters. The number of rotatable bonds is 7. The van der Waals surface area contributed by atoms with Crippen LogP contribution in [-0.2, 0) is 25.5 Å². The molecule has 1 aromatic heterocycles. The van der Waals surface area contributed by atoms with E-state index in [2.05, 4.69) is 23.6 Å². The predicted molar refractivity (Wildman–Crippen MR) is 114 cm³/mol. The highest BCUT2D eigenvalue weighted by atomic mass is 32.1. The first-order chi connectivity index (χ1) is 13.9. The number of carbonyl (C=O) groups is 2. The Morgan fingerprint density at radius 3 is 2.62 bits per heavy atom. The van der Waals surface area contributed by atoms with E-state index in [9.17, 15) is 9.59 Å². The van der Waals surface area contributed by atoms with E-state index >= 15 is 0 Å². The molecular formula is C22H28N2O4S. The van der Waals surface area contributed by atoms with E-state index in [1.807, 2.05) is 18.2 Å². The van der Waals surface area contributed by atoms with Gasteiger partial charge in [-0.25, -0.2) is 0 Å². The van der Waals surface area contributed by atoms with Crippen LogP contribution in [0.25, 0.3) is 10.4 Å². The fourth-order valence-electron chi connectivity index (χ4n) is 3.62. The highest BCUT2D eigenvalue weighted by molar-refractivity contribution is 7.13. The molecule has 0 bridgehead atoms. The van der Waals surface area contributed by atoms with Crippen LogP contribution >= 0.6 is 11.3 Å².